The van der Waals surface area contributed by atoms with Gasteiger partial charge < -0.3 is 14.8 Å². The van der Waals surface area contributed by atoms with Crippen LogP contribution in [0.4, 0.5) is 5.69 Å². The minimum absolute atomic E-state index is 0.0805. The maximum Gasteiger partial charge on any atom is 0.238 e. The molecule has 2 aromatic rings. The molecular formula is C15H17BrN2O4S. The van der Waals surface area contributed by atoms with Gasteiger partial charge in [0.05, 0.1) is 23.6 Å². The highest BCUT2D eigenvalue weighted by Crippen LogP contribution is 2.36. The Morgan fingerprint density at radius 2 is 1.78 bits per heavy atom. The summed E-state index contributed by atoms with van der Waals surface area (Å²) >= 11 is 3.44. The fourth-order valence-corrected chi connectivity index (χ4v) is 3.21. The minimum Gasteiger partial charge on any atom is -0.493 e. The average Bonchev–Trinajstić information content (AvgIpc) is 2.51. The number of nitrogens with one attached hydrogen (secondary N) is 1. The van der Waals surface area contributed by atoms with Gasteiger partial charge in [-0.25, -0.2) is 13.6 Å². The van der Waals surface area contributed by atoms with Gasteiger partial charge in [0.15, 0.2) is 11.5 Å². The van der Waals surface area contributed by atoms with Crippen LogP contribution in [0.5, 0.6) is 11.5 Å². The Bertz CT molecular complexity index is 792. The Balaban J connectivity index is 2.13. The van der Waals surface area contributed by atoms with E-state index in [0.29, 0.717) is 18.0 Å². The van der Waals surface area contributed by atoms with E-state index < -0.39 is 10.0 Å². The Morgan fingerprint density at radius 3 is 2.30 bits per heavy atom. The first-order valence-corrected chi connectivity index (χ1v) is 8.96. The van der Waals surface area contributed by atoms with E-state index >= 15 is 0 Å². The lowest BCUT2D eigenvalue weighted by Gasteiger charge is -2.13. The van der Waals surface area contributed by atoms with Gasteiger partial charge in [0.1, 0.15) is 0 Å². The predicted octanol–water partition coefficient (Wildman–Crippen LogP) is 2.73. The topological polar surface area (TPSA) is 90.6 Å². The number of hydrogen-bond acceptors (Lipinski definition) is 5. The molecule has 0 unspecified atom stereocenters. The van der Waals surface area contributed by atoms with Crippen LogP contribution in [0, 0.1) is 0 Å². The zero-order valence-corrected chi connectivity index (χ0v) is 15.1. The van der Waals surface area contributed by atoms with Crippen molar-refractivity contribution >= 4 is 31.6 Å². The van der Waals surface area contributed by atoms with Gasteiger partial charge >= 0.3 is 0 Å². The lowest BCUT2D eigenvalue weighted by Crippen LogP contribution is -2.12. The number of nitrogens with two attached hydrogens (primary N) is 1. The molecule has 23 heavy (non-hydrogen) atoms. The summed E-state index contributed by atoms with van der Waals surface area (Å²) < 4.78 is 33.8. The fourth-order valence-electron chi connectivity index (χ4n) is 2.04. The van der Waals surface area contributed by atoms with Crippen LogP contribution in [0.25, 0.3) is 0 Å². The highest BCUT2D eigenvalue weighted by atomic mass is 79.9. The van der Waals surface area contributed by atoms with Gasteiger partial charge in [-0.1, -0.05) is 0 Å². The lowest BCUT2D eigenvalue weighted by molar-refractivity contribution is 0.352. The quantitative estimate of drug-likeness (QED) is 0.777. The fraction of sp³-hybridized carbons (Fsp3) is 0.200. The maximum absolute atomic E-state index is 11.2. The molecule has 2 aromatic carbocycles. The SMILES string of the molecule is COc1cc(CNc2ccc(S(N)(=O)=O)cc2)cc(Br)c1OC. The highest BCUT2D eigenvalue weighted by molar-refractivity contribution is 9.10. The second kappa shape index (κ2) is 7.20. The van der Waals surface area contributed by atoms with Crippen molar-refractivity contribution in [2.24, 2.45) is 5.14 Å². The zero-order chi connectivity index (χ0) is 17.0. The molecule has 0 amide bonds. The zero-order valence-electron chi connectivity index (χ0n) is 12.7. The summed E-state index contributed by atoms with van der Waals surface area (Å²) in [5.74, 6) is 1.26. The van der Waals surface area contributed by atoms with E-state index in [1.165, 1.54) is 12.1 Å². The summed E-state index contributed by atoms with van der Waals surface area (Å²) in [5.41, 5.74) is 1.76. The highest BCUT2D eigenvalue weighted by Gasteiger charge is 2.11. The number of methoxy groups -OCH3 is 2. The van der Waals surface area contributed by atoms with Gasteiger partial charge in [-0.2, -0.15) is 0 Å². The normalized spacial score (nSPS) is 11.1. The first kappa shape index (κ1) is 17.6. The summed E-state index contributed by atoms with van der Waals surface area (Å²) in [5, 5.41) is 8.27. The molecule has 124 valence electrons. The molecule has 0 saturated heterocycles. The number of sulfonamides is 1. The molecular weight excluding hydrogens is 384 g/mol. The van der Waals surface area contributed by atoms with Crippen LogP contribution in [-0.4, -0.2) is 22.6 Å². The number of ether oxygens (including phenoxy) is 2. The Morgan fingerprint density at radius 1 is 1.13 bits per heavy atom. The molecule has 0 aliphatic rings. The third-order valence-electron chi connectivity index (χ3n) is 3.17. The molecule has 3 N–H and O–H groups in total. The Labute approximate surface area is 143 Å². The Hall–Kier alpha value is -1.77. The number of primary sulfonamides is 1. The number of hydrogen-bond donors (Lipinski definition) is 2. The van der Waals surface area contributed by atoms with Crippen LogP contribution in [0.2, 0.25) is 0 Å². The first-order chi connectivity index (χ1) is 10.8. The van der Waals surface area contributed by atoms with Crippen LogP contribution < -0.4 is 19.9 Å². The van der Waals surface area contributed by atoms with E-state index in [9.17, 15) is 8.42 Å². The van der Waals surface area contributed by atoms with Crippen molar-refractivity contribution < 1.29 is 17.9 Å². The number of anilines is 1. The molecule has 6 nitrogen and oxygen atoms in total. The van der Waals surface area contributed by atoms with Crippen LogP contribution in [-0.2, 0) is 16.6 Å². The predicted molar refractivity (Wildman–Crippen MR) is 92.4 cm³/mol. The molecule has 0 saturated carbocycles. The summed E-state index contributed by atoms with van der Waals surface area (Å²) in [6, 6.07) is 10.0. The van der Waals surface area contributed by atoms with Crippen molar-refractivity contribution in [3.8, 4) is 11.5 Å². The maximum atomic E-state index is 11.2. The summed E-state index contributed by atoms with van der Waals surface area (Å²) in [7, 11) is -0.520. The van der Waals surface area contributed by atoms with E-state index in [0.717, 1.165) is 15.7 Å². The molecule has 0 spiro atoms. The number of rotatable bonds is 6. The van der Waals surface area contributed by atoms with Crippen LogP contribution in [0.3, 0.4) is 0 Å². The van der Waals surface area contributed by atoms with Gasteiger partial charge in [0.25, 0.3) is 0 Å². The van der Waals surface area contributed by atoms with Crippen molar-refractivity contribution in [1.82, 2.24) is 0 Å². The van der Waals surface area contributed by atoms with Gasteiger partial charge in [-0.3, -0.25) is 0 Å². The second-order valence-corrected chi connectivity index (χ2v) is 7.15. The molecule has 0 aromatic heterocycles. The summed E-state index contributed by atoms with van der Waals surface area (Å²) in [6.07, 6.45) is 0. The minimum atomic E-state index is -3.67. The molecule has 0 atom stereocenters. The van der Waals surface area contributed by atoms with Gasteiger partial charge in [-0.05, 0) is 57.9 Å². The van der Waals surface area contributed by atoms with Gasteiger partial charge in [0, 0.05) is 12.2 Å². The smallest absolute Gasteiger partial charge is 0.238 e. The van der Waals surface area contributed by atoms with Crippen LogP contribution in [0.1, 0.15) is 5.56 Å². The van der Waals surface area contributed by atoms with Crippen molar-refractivity contribution in [3.63, 3.8) is 0 Å². The molecule has 8 heteroatoms. The van der Waals surface area contributed by atoms with E-state index in [1.54, 1.807) is 26.4 Å². The monoisotopic (exact) mass is 400 g/mol. The average molecular weight is 401 g/mol. The van der Waals surface area contributed by atoms with Crippen molar-refractivity contribution in [1.29, 1.82) is 0 Å². The standard InChI is InChI=1S/C15H17BrN2O4S/c1-21-14-8-10(7-13(16)15(14)22-2)9-18-11-3-5-12(6-4-11)23(17,19)20/h3-8,18H,9H2,1-2H3,(H2,17,19,20). The molecule has 0 radical (unpaired) electrons. The third kappa shape index (κ3) is 4.37. The second-order valence-electron chi connectivity index (χ2n) is 4.74. The Kier molecular flexibility index (Phi) is 5.51. The molecule has 0 bridgehead atoms. The van der Waals surface area contributed by atoms with E-state index in [-0.39, 0.29) is 4.90 Å². The van der Waals surface area contributed by atoms with Crippen LogP contribution in [0.15, 0.2) is 45.8 Å². The molecule has 0 fully saturated rings. The molecule has 0 aliphatic heterocycles. The molecule has 0 aliphatic carbocycles. The summed E-state index contributed by atoms with van der Waals surface area (Å²) in [6.45, 7) is 0.535. The van der Waals surface area contributed by atoms with Crippen molar-refractivity contribution in [2.75, 3.05) is 19.5 Å². The van der Waals surface area contributed by atoms with Gasteiger partial charge in [0.2, 0.25) is 10.0 Å². The van der Waals surface area contributed by atoms with E-state index in [1.807, 2.05) is 12.1 Å². The van der Waals surface area contributed by atoms with Crippen molar-refractivity contribution in [2.45, 2.75) is 11.4 Å². The van der Waals surface area contributed by atoms with E-state index in [2.05, 4.69) is 21.2 Å². The lowest BCUT2D eigenvalue weighted by atomic mass is 10.2. The third-order valence-corrected chi connectivity index (χ3v) is 4.69. The van der Waals surface area contributed by atoms with Gasteiger partial charge in [-0.15, -0.1) is 0 Å². The van der Waals surface area contributed by atoms with E-state index in [4.69, 9.17) is 14.6 Å². The summed E-state index contributed by atoms with van der Waals surface area (Å²) in [4.78, 5) is 0.0805. The molecule has 2 rings (SSSR count). The molecule has 0 heterocycles. The van der Waals surface area contributed by atoms with Crippen LogP contribution >= 0.6 is 15.9 Å². The largest absolute Gasteiger partial charge is 0.493 e. The number of halogens is 1. The van der Waals surface area contributed by atoms with Crippen molar-refractivity contribution in [3.05, 3.63) is 46.4 Å². The number of benzene rings is 2. The first-order valence-electron chi connectivity index (χ1n) is 6.62.